The Labute approximate surface area is 329 Å². The molecular weight excluding hydrogens is 697 g/mol. The molecule has 0 aliphatic heterocycles. The highest BCUT2D eigenvalue weighted by Gasteiger charge is 2.22. The van der Waals surface area contributed by atoms with E-state index in [1.54, 1.807) is 0 Å². The van der Waals surface area contributed by atoms with Gasteiger partial charge in [-0.25, -0.2) is 4.98 Å². The molecule has 0 aliphatic carbocycles. The lowest BCUT2D eigenvalue weighted by molar-refractivity contribution is 0.619. The third-order valence-corrected chi connectivity index (χ3v) is 10.9. The molecule has 11 aromatic rings. The molecule has 0 aliphatic rings. The summed E-state index contributed by atoms with van der Waals surface area (Å²) in [5.74, 6) is 0.580. The molecule has 9 aromatic carbocycles. The SMILES string of the molecule is c1ccc(-c2ccc(N(c3ccc(-c4c5oc(-c6ccccc6)nc5cc5c4oc4ccccc45)cc3)c3cccc(-c4ccc5ccccc5c4)c3)cc2)cc1. The Morgan fingerprint density at radius 3 is 1.72 bits per heavy atom. The van der Waals surface area contributed by atoms with Gasteiger partial charge >= 0.3 is 0 Å². The average molecular weight is 731 g/mol. The molecule has 0 bridgehead atoms. The zero-order chi connectivity index (χ0) is 37.7. The van der Waals surface area contributed by atoms with E-state index in [0.717, 1.165) is 66.8 Å². The summed E-state index contributed by atoms with van der Waals surface area (Å²) < 4.78 is 13.2. The minimum Gasteiger partial charge on any atom is -0.455 e. The van der Waals surface area contributed by atoms with Gasteiger partial charge in [0.05, 0.1) is 5.56 Å². The lowest BCUT2D eigenvalue weighted by Gasteiger charge is -2.26. The number of nitrogens with zero attached hydrogens (tertiary/aromatic N) is 2. The van der Waals surface area contributed by atoms with Crippen molar-refractivity contribution in [2.75, 3.05) is 4.90 Å². The predicted octanol–water partition coefficient (Wildman–Crippen LogP) is 15.0. The second-order valence-electron chi connectivity index (χ2n) is 14.4. The molecule has 2 heterocycles. The van der Waals surface area contributed by atoms with Gasteiger partial charge < -0.3 is 13.7 Å². The first-order chi connectivity index (χ1) is 28.2. The van der Waals surface area contributed by atoms with E-state index in [9.17, 15) is 0 Å². The lowest BCUT2D eigenvalue weighted by atomic mass is 9.99. The molecule has 0 spiro atoms. The molecule has 57 heavy (non-hydrogen) atoms. The molecular formula is C53H34N2O2. The number of rotatable bonds is 7. The van der Waals surface area contributed by atoms with Gasteiger partial charge in [-0.3, -0.25) is 0 Å². The third-order valence-electron chi connectivity index (χ3n) is 10.9. The summed E-state index contributed by atoms with van der Waals surface area (Å²) in [4.78, 5) is 7.31. The van der Waals surface area contributed by atoms with Crippen LogP contribution < -0.4 is 4.90 Å². The van der Waals surface area contributed by atoms with Crippen LogP contribution in [0.2, 0.25) is 0 Å². The van der Waals surface area contributed by atoms with Gasteiger partial charge in [0.1, 0.15) is 16.7 Å². The minimum atomic E-state index is 0.580. The van der Waals surface area contributed by atoms with Gasteiger partial charge in [0, 0.05) is 33.4 Å². The fraction of sp³-hybridized carbons (Fsp3) is 0. The van der Waals surface area contributed by atoms with Crippen molar-refractivity contribution in [3.63, 3.8) is 0 Å². The first-order valence-corrected chi connectivity index (χ1v) is 19.2. The van der Waals surface area contributed by atoms with Crippen LogP contribution in [0.1, 0.15) is 0 Å². The number of aromatic nitrogens is 1. The van der Waals surface area contributed by atoms with Crippen molar-refractivity contribution in [2.24, 2.45) is 0 Å². The van der Waals surface area contributed by atoms with Gasteiger partial charge in [-0.05, 0) is 105 Å². The predicted molar refractivity (Wildman–Crippen MR) is 235 cm³/mol. The molecule has 268 valence electrons. The van der Waals surface area contributed by atoms with Gasteiger partial charge in [-0.1, -0.05) is 140 Å². The van der Waals surface area contributed by atoms with Gasteiger partial charge in [-0.2, -0.15) is 0 Å². The Morgan fingerprint density at radius 1 is 0.351 bits per heavy atom. The van der Waals surface area contributed by atoms with E-state index in [-0.39, 0.29) is 0 Å². The number of hydrogen-bond donors (Lipinski definition) is 0. The summed E-state index contributed by atoms with van der Waals surface area (Å²) in [6.07, 6.45) is 0. The summed E-state index contributed by atoms with van der Waals surface area (Å²) in [5, 5.41) is 4.51. The topological polar surface area (TPSA) is 42.4 Å². The van der Waals surface area contributed by atoms with E-state index in [1.165, 1.54) is 27.5 Å². The maximum atomic E-state index is 6.61. The number of anilines is 3. The van der Waals surface area contributed by atoms with Crippen molar-refractivity contribution in [3.05, 3.63) is 206 Å². The molecule has 4 heteroatoms. The largest absolute Gasteiger partial charge is 0.455 e. The van der Waals surface area contributed by atoms with Gasteiger partial charge in [0.25, 0.3) is 0 Å². The molecule has 0 amide bonds. The molecule has 0 fully saturated rings. The quantitative estimate of drug-likeness (QED) is 0.164. The van der Waals surface area contributed by atoms with Crippen LogP contribution in [0.3, 0.4) is 0 Å². The molecule has 4 nitrogen and oxygen atoms in total. The van der Waals surface area contributed by atoms with Crippen LogP contribution in [0.25, 0.3) is 88.6 Å². The van der Waals surface area contributed by atoms with Crippen LogP contribution in [0, 0.1) is 0 Å². The van der Waals surface area contributed by atoms with Gasteiger partial charge in [0.15, 0.2) is 5.58 Å². The molecule has 0 saturated heterocycles. The number of benzene rings is 9. The standard InChI is InChI=1S/C53H34N2O2/c1-3-12-35(13-4-1)37-24-28-43(29-25-37)55(45-19-11-18-41(33-45)42-23-22-36-14-7-8-17-40(36)32-42)44-30-26-38(27-31-44)50-51-47(46-20-9-10-21-49(46)56-51)34-48-52(50)57-53(54-48)39-15-5-2-6-16-39/h1-34H. The summed E-state index contributed by atoms with van der Waals surface area (Å²) in [5.41, 5.74) is 13.7. The first-order valence-electron chi connectivity index (χ1n) is 19.2. The van der Waals surface area contributed by atoms with Crippen LogP contribution >= 0.6 is 0 Å². The molecule has 0 unspecified atom stereocenters. The molecule has 11 rings (SSSR count). The van der Waals surface area contributed by atoms with E-state index < -0.39 is 0 Å². The normalized spacial score (nSPS) is 11.5. The Bertz CT molecular complexity index is 3220. The van der Waals surface area contributed by atoms with Crippen molar-refractivity contribution in [3.8, 4) is 44.8 Å². The maximum absolute atomic E-state index is 6.61. The van der Waals surface area contributed by atoms with Crippen molar-refractivity contribution in [2.45, 2.75) is 0 Å². The van der Waals surface area contributed by atoms with Crippen molar-refractivity contribution < 1.29 is 8.83 Å². The van der Waals surface area contributed by atoms with E-state index in [4.69, 9.17) is 13.8 Å². The van der Waals surface area contributed by atoms with Crippen LogP contribution in [-0.4, -0.2) is 4.98 Å². The summed E-state index contributed by atoms with van der Waals surface area (Å²) in [6.45, 7) is 0. The second kappa shape index (κ2) is 13.6. The van der Waals surface area contributed by atoms with Gasteiger partial charge in [0.2, 0.25) is 5.89 Å². The third kappa shape index (κ3) is 5.83. The number of fused-ring (bicyclic) bond motifs is 5. The molecule has 0 N–H and O–H groups in total. The molecule has 0 radical (unpaired) electrons. The van der Waals surface area contributed by atoms with Crippen LogP contribution in [0.4, 0.5) is 17.1 Å². The highest BCUT2D eigenvalue weighted by molar-refractivity contribution is 6.16. The lowest BCUT2D eigenvalue weighted by Crippen LogP contribution is -2.10. The zero-order valence-corrected chi connectivity index (χ0v) is 30.8. The monoisotopic (exact) mass is 730 g/mol. The van der Waals surface area contributed by atoms with E-state index in [1.807, 2.05) is 48.5 Å². The molecule has 0 saturated carbocycles. The van der Waals surface area contributed by atoms with E-state index in [2.05, 4.69) is 163 Å². The smallest absolute Gasteiger partial charge is 0.227 e. The fourth-order valence-electron chi connectivity index (χ4n) is 8.06. The minimum absolute atomic E-state index is 0.580. The van der Waals surface area contributed by atoms with Crippen LogP contribution in [0.5, 0.6) is 0 Å². The fourth-order valence-corrected chi connectivity index (χ4v) is 8.06. The van der Waals surface area contributed by atoms with E-state index >= 15 is 0 Å². The second-order valence-corrected chi connectivity index (χ2v) is 14.4. The molecule has 0 atom stereocenters. The number of oxazole rings is 1. The van der Waals surface area contributed by atoms with Crippen LogP contribution in [-0.2, 0) is 0 Å². The highest BCUT2D eigenvalue weighted by atomic mass is 16.4. The summed E-state index contributed by atoms with van der Waals surface area (Å²) in [6, 6.07) is 72.3. The summed E-state index contributed by atoms with van der Waals surface area (Å²) in [7, 11) is 0. The highest BCUT2D eigenvalue weighted by Crippen LogP contribution is 2.44. The first kappa shape index (κ1) is 32.7. The van der Waals surface area contributed by atoms with Crippen molar-refractivity contribution in [1.82, 2.24) is 4.98 Å². The number of furan rings is 1. The number of para-hydroxylation sites is 1. The van der Waals surface area contributed by atoms with Crippen molar-refractivity contribution >= 4 is 60.9 Å². The summed E-state index contributed by atoms with van der Waals surface area (Å²) >= 11 is 0. The van der Waals surface area contributed by atoms with Crippen molar-refractivity contribution in [1.29, 1.82) is 0 Å². The Morgan fingerprint density at radius 2 is 0.947 bits per heavy atom. The average Bonchev–Trinajstić information content (AvgIpc) is 3.88. The van der Waals surface area contributed by atoms with Gasteiger partial charge in [-0.15, -0.1) is 0 Å². The van der Waals surface area contributed by atoms with Crippen LogP contribution in [0.15, 0.2) is 215 Å². The van der Waals surface area contributed by atoms with E-state index in [0.29, 0.717) is 11.5 Å². The molecule has 2 aromatic heterocycles. The Hall–Kier alpha value is -7.69. The maximum Gasteiger partial charge on any atom is 0.227 e. The zero-order valence-electron chi connectivity index (χ0n) is 30.8. The Balaban J connectivity index is 1.06. The Kier molecular flexibility index (Phi) is 7.78. The number of hydrogen-bond acceptors (Lipinski definition) is 4.